The number of aromatic nitrogens is 4. The number of hydrogen-bond acceptors (Lipinski definition) is 9. The maximum absolute atomic E-state index is 14.0. The number of carbonyl (C=O) groups excluding carboxylic acids is 4. The van der Waals surface area contributed by atoms with Crippen LogP contribution in [-0.2, 0) is 19.1 Å². The number of likely N-dealkylation sites (tertiary alicyclic amines) is 2. The molecule has 65 heavy (non-hydrogen) atoms. The number of methoxy groups -OCH3 is 2. The lowest BCUT2D eigenvalue weighted by Gasteiger charge is -2.28. The fourth-order valence-electron chi connectivity index (χ4n) is 9.38. The Morgan fingerprint density at radius 1 is 0.631 bits per heavy atom. The van der Waals surface area contributed by atoms with Gasteiger partial charge in [-0.3, -0.25) is 9.59 Å². The molecule has 15 nitrogen and oxygen atoms in total. The van der Waals surface area contributed by atoms with Crippen molar-refractivity contribution in [2.45, 2.75) is 49.9 Å². The van der Waals surface area contributed by atoms with Crippen LogP contribution in [-0.4, -0.2) is 81.0 Å². The standard InChI is InChI=1S/C50H46N8O7/c1-63-49(61)55-42(29-11-5-3-6-12-29)47(59)57-23-9-15-39(57)45-51-27-37(53-45)32-18-20-34-31(25-32)17-21-35-36-26-33(19-22-41(36)65-44(34)35)38-28-52-46(54-38)40-16-10-24-58(40)48(60)43(56-50(62)64-2)30-13-7-4-8-14-30/h3-8,11-14,17-22,25-28,39-40,42-43H,9-10,15-16,23-24H2,1-2H3,(H,51,53)(H,52,54)(H,55,61)(H,56,62). The summed E-state index contributed by atoms with van der Waals surface area (Å²) < 4.78 is 16.2. The molecule has 15 heteroatoms. The van der Waals surface area contributed by atoms with E-state index >= 15 is 0 Å². The predicted octanol–water partition coefficient (Wildman–Crippen LogP) is 9.04. The summed E-state index contributed by atoms with van der Waals surface area (Å²) in [6.45, 7) is 1.07. The number of carbonyl (C=O) groups is 4. The number of rotatable bonds is 10. The monoisotopic (exact) mass is 870 g/mol. The van der Waals surface area contributed by atoms with Crippen LogP contribution in [0.15, 0.2) is 126 Å². The molecule has 2 saturated heterocycles. The summed E-state index contributed by atoms with van der Waals surface area (Å²) in [6, 6.07) is 32.4. The minimum absolute atomic E-state index is 0.224. The Hall–Kier alpha value is -7.94. The third-order valence-electron chi connectivity index (χ3n) is 12.6. The van der Waals surface area contributed by atoms with Gasteiger partial charge in [-0.25, -0.2) is 19.6 Å². The lowest BCUT2D eigenvalue weighted by molar-refractivity contribution is -0.135. The van der Waals surface area contributed by atoms with Gasteiger partial charge in [0.15, 0.2) is 0 Å². The van der Waals surface area contributed by atoms with E-state index in [2.05, 4.69) is 50.9 Å². The van der Waals surface area contributed by atoms with Gasteiger partial charge < -0.3 is 44.3 Å². The highest BCUT2D eigenvalue weighted by molar-refractivity contribution is 6.16. The molecule has 328 valence electrons. The SMILES string of the molecule is COC(=O)NC(C(=O)N1CCCC1c1ncc(-c2ccc3c(ccc4c5cc(-c6cnc(C7CCCN7C(=O)C(NC(=O)OC)c7ccccc7)[nH]6)ccc5oc34)c2)[nH]1)c1ccccc1. The fraction of sp³-hybridized carbons (Fsp3) is 0.240. The number of aromatic amines is 2. The van der Waals surface area contributed by atoms with E-state index in [9.17, 15) is 19.2 Å². The second-order valence-electron chi connectivity index (χ2n) is 16.4. The number of imidazole rings is 2. The number of nitrogens with one attached hydrogen (secondary N) is 4. The number of fused-ring (bicyclic) bond motifs is 5. The van der Waals surface area contributed by atoms with E-state index in [-0.39, 0.29) is 23.9 Å². The van der Waals surface area contributed by atoms with Gasteiger partial charge in [0, 0.05) is 40.4 Å². The van der Waals surface area contributed by atoms with Gasteiger partial charge in [-0.2, -0.15) is 0 Å². The highest BCUT2D eigenvalue weighted by atomic mass is 16.5. The average molecular weight is 871 g/mol. The number of ether oxygens (including phenoxy) is 2. The van der Waals surface area contributed by atoms with Gasteiger partial charge in [-0.1, -0.05) is 72.8 Å². The Labute approximate surface area is 373 Å². The lowest BCUT2D eigenvalue weighted by atomic mass is 10.0. The molecule has 10 rings (SSSR count). The van der Waals surface area contributed by atoms with Crippen LogP contribution in [0.2, 0.25) is 0 Å². The van der Waals surface area contributed by atoms with Crippen molar-refractivity contribution in [1.29, 1.82) is 0 Å². The normalized spacial score (nSPS) is 17.1. The predicted molar refractivity (Wildman–Crippen MR) is 243 cm³/mol. The van der Waals surface area contributed by atoms with E-state index in [0.717, 1.165) is 80.9 Å². The molecule has 0 radical (unpaired) electrons. The summed E-state index contributed by atoms with van der Waals surface area (Å²) in [7, 11) is 2.56. The number of amides is 4. The summed E-state index contributed by atoms with van der Waals surface area (Å²) in [6.07, 6.45) is 5.30. The van der Waals surface area contributed by atoms with Crippen molar-refractivity contribution in [3.8, 4) is 22.5 Å². The summed E-state index contributed by atoms with van der Waals surface area (Å²) in [4.78, 5) is 72.7. The molecule has 2 fully saturated rings. The van der Waals surface area contributed by atoms with Gasteiger partial charge in [0.2, 0.25) is 0 Å². The van der Waals surface area contributed by atoms with Crippen LogP contribution in [0.1, 0.15) is 72.6 Å². The fourth-order valence-corrected chi connectivity index (χ4v) is 9.38. The zero-order valence-corrected chi connectivity index (χ0v) is 35.7. The van der Waals surface area contributed by atoms with Crippen molar-refractivity contribution in [3.63, 3.8) is 0 Å². The van der Waals surface area contributed by atoms with Crippen LogP contribution in [0.4, 0.5) is 9.59 Å². The Kier molecular flexibility index (Phi) is 10.9. The van der Waals surface area contributed by atoms with Crippen LogP contribution >= 0.6 is 0 Å². The van der Waals surface area contributed by atoms with E-state index in [4.69, 9.17) is 23.9 Å². The molecule has 8 aromatic rings. The van der Waals surface area contributed by atoms with E-state index < -0.39 is 24.3 Å². The Bertz CT molecular complexity index is 3070. The van der Waals surface area contributed by atoms with Crippen LogP contribution < -0.4 is 10.6 Å². The van der Waals surface area contributed by atoms with Gasteiger partial charge in [-0.05, 0) is 78.6 Å². The second kappa shape index (κ2) is 17.3. The number of hydrogen-bond donors (Lipinski definition) is 4. The van der Waals surface area contributed by atoms with Gasteiger partial charge in [0.05, 0.1) is 50.1 Å². The van der Waals surface area contributed by atoms with E-state index in [1.807, 2.05) is 78.9 Å². The third kappa shape index (κ3) is 7.79. The molecule has 2 aliphatic rings. The summed E-state index contributed by atoms with van der Waals surface area (Å²) in [5.41, 5.74) is 6.36. The summed E-state index contributed by atoms with van der Waals surface area (Å²) >= 11 is 0. The topological polar surface area (TPSA) is 188 Å². The first-order valence-electron chi connectivity index (χ1n) is 21.7. The van der Waals surface area contributed by atoms with Gasteiger partial charge in [-0.15, -0.1) is 0 Å². The van der Waals surface area contributed by atoms with Crippen LogP contribution in [0.3, 0.4) is 0 Å². The Morgan fingerprint density at radius 3 is 1.68 bits per heavy atom. The molecule has 4 amide bonds. The summed E-state index contributed by atoms with van der Waals surface area (Å²) in [5.74, 6) is 0.911. The molecule has 2 aliphatic heterocycles. The minimum atomic E-state index is -0.901. The molecule has 4 N–H and O–H groups in total. The Morgan fingerprint density at radius 2 is 1.14 bits per heavy atom. The van der Waals surface area contributed by atoms with Crippen molar-refractivity contribution in [2.75, 3.05) is 27.3 Å². The molecule has 4 atom stereocenters. The molecule has 3 aromatic heterocycles. The lowest BCUT2D eigenvalue weighted by Crippen LogP contribution is -2.42. The molecule has 0 aliphatic carbocycles. The largest absolute Gasteiger partial charge is 0.455 e. The summed E-state index contributed by atoms with van der Waals surface area (Å²) in [5, 5.41) is 9.34. The maximum Gasteiger partial charge on any atom is 0.407 e. The van der Waals surface area contributed by atoms with Crippen molar-refractivity contribution in [3.05, 3.63) is 144 Å². The molecule has 5 aromatic carbocycles. The second-order valence-corrected chi connectivity index (χ2v) is 16.4. The molecule has 0 spiro atoms. The first kappa shape index (κ1) is 41.1. The van der Waals surface area contributed by atoms with Crippen molar-refractivity contribution in [2.24, 2.45) is 0 Å². The molecular weight excluding hydrogens is 825 g/mol. The first-order valence-corrected chi connectivity index (χ1v) is 21.7. The number of benzene rings is 5. The van der Waals surface area contributed by atoms with Gasteiger partial charge in [0.25, 0.3) is 11.8 Å². The molecule has 0 saturated carbocycles. The van der Waals surface area contributed by atoms with Crippen LogP contribution in [0.25, 0.3) is 55.2 Å². The quantitative estimate of drug-likeness (QED) is 0.104. The number of H-pyrrole nitrogens is 2. The van der Waals surface area contributed by atoms with Crippen LogP contribution in [0.5, 0.6) is 0 Å². The smallest absolute Gasteiger partial charge is 0.407 e. The third-order valence-corrected chi connectivity index (χ3v) is 12.6. The molecular formula is C50H46N8O7. The first-order chi connectivity index (χ1) is 31.8. The number of alkyl carbamates (subject to hydrolysis) is 2. The van der Waals surface area contributed by atoms with E-state index in [1.165, 1.54) is 14.2 Å². The molecule has 0 bridgehead atoms. The maximum atomic E-state index is 14.0. The molecule has 5 heterocycles. The van der Waals surface area contributed by atoms with Crippen LogP contribution in [0, 0.1) is 0 Å². The van der Waals surface area contributed by atoms with Crippen molar-refractivity contribution >= 4 is 56.7 Å². The Balaban J connectivity index is 0.882. The van der Waals surface area contributed by atoms with Crippen molar-refractivity contribution < 1.29 is 33.1 Å². The molecule has 4 unspecified atom stereocenters. The van der Waals surface area contributed by atoms with E-state index in [0.29, 0.717) is 35.9 Å². The zero-order valence-electron chi connectivity index (χ0n) is 35.7. The number of nitrogens with zero attached hydrogens (tertiary/aromatic N) is 4. The number of furan rings is 1. The van der Waals surface area contributed by atoms with Gasteiger partial charge >= 0.3 is 12.2 Å². The highest BCUT2D eigenvalue weighted by Crippen LogP contribution is 2.39. The van der Waals surface area contributed by atoms with Gasteiger partial charge in [0.1, 0.15) is 34.9 Å². The van der Waals surface area contributed by atoms with Crippen molar-refractivity contribution in [1.82, 2.24) is 40.4 Å². The minimum Gasteiger partial charge on any atom is -0.455 e. The zero-order chi connectivity index (χ0) is 44.6. The average Bonchev–Trinajstić information content (AvgIpc) is 4.21. The van der Waals surface area contributed by atoms with E-state index in [1.54, 1.807) is 22.2 Å². The highest BCUT2D eigenvalue weighted by Gasteiger charge is 2.38.